The predicted octanol–water partition coefficient (Wildman–Crippen LogP) is 2.03. The molecule has 1 rings (SSSR count). The number of carbonyl (C=O) groups excluding carboxylic acids is 1. The molecule has 0 saturated heterocycles. The fourth-order valence-electron chi connectivity index (χ4n) is 2.11. The minimum absolute atomic E-state index is 0. The number of benzene rings is 1. The summed E-state index contributed by atoms with van der Waals surface area (Å²) < 4.78 is 0. The van der Waals surface area contributed by atoms with E-state index in [2.05, 4.69) is 29.4 Å². The Labute approximate surface area is 134 Å². The van der Waals surface area contributed by atoms with Crippen molar-refractivity contribution < 1.29 is 4.79 Å². The first-order valence-electron chi connectivity index (χ1n) is 7.18. The summed E-state index contributed by atoms with van der Waals surface area (Å²) in [4.78, 5) is 14.1. The van der Waals surface area contributed by atoms with E-state index in [0.29, 0.717) is 0 Å². The summed E-state index contributed by atoms with van der Waals surface area (Å²) in [5, 5.41) is 2.97. The van der Waals surface area contributed by atoms with E-state index >= 15 is 0 Å². The summed E-state index contributed by atoms with van der Waals surface area (Å²) in [5.41, 5.74) is 7.11. The van der Waals surface area contributed by atoms with Crippen LogP contribution in [0.3, 0.4) is 0 Å². The fraction of sp³-hybridized carbons (Fsp3) is 0.562. The molecule has 3 N–H and O–H groups in total. The van der Waals surface area contributed by atoms with Crippen LogP contribution in [0.4, 0.5) is 0 Å². The van der Waals surface area contributed by atoms with Gasteiger partial charge in [-0.1, -0.05) is 44.2 Å². The molecule has 0 aliphatic heterocycles. The van der Waals surface area contributed by atoms with Gasteiger partial charge in [-0.25, -0.2) is 0 Å². The number of nitrogens with zero attached hydrogens (tertiary/aromatic N) is 1. The molecular formula is C16H28ClN3O. The van der Waals surface area contributed by atoms with Crippen LogP contribution in [0.5, 0.6) is 0 Å². The third-order valence-electron chi connectivity index (χ3n) is 3.29. The SMILES string of the molecule is CC(CN(C)Cc1ccccc1)NC(=O)C(N)C(C)C.Cl. The number of hydrogen-bond acceptors (Lipinski definition) is 3. The summed E-state index contributed by atoms with van der Waals surface area (Å²) in [7, 11) is 2.05. The molecule has 0 aromatic heterocycles. The van der Waals surface area contributed by atoms with Crippen LogP contribution in [0.2, 0.25) is 0 Å². The maximum Gasteiger partial charge on any atom is 0.237 e. The highest BCUT2D eigenvalue weighted by molar-refractivity contribution is 5.85. The molecule has 5 heteroatoms. The van der Waals surface area contributed by atoms with Gasteiger partial charge < -0.3 is 16.0 Å². The van der Waals surface area contributed by atoms with Crippen LogP contribution in [-0.2, 0) is 11.3 Å². The molecular weight excluding hydrogens is 286 g/mol. The molecule has 1 aromatic carbocycles. The second kappa shape index (κ2) is 9.77. The molecule has 0 fully saturated rings. The van der Waals surface area contributed by atoms with Gasteiger partial charge in [0.05, 0.1) is 6.04 Å². The van der Waals surface area contributed by atoms with Crippen molar-refractivity contribution in [2.45, 2.75) is 39.4 Å². The first kappa shape index (κ1) is 19.9. The van der Waals surface area contributed by atoms with Gasteiger partial charge in [0.1, 0.15) is 0 Å². The quantitative estimate of drug-likeness (QED) is 0.810. The van der Waals surface area contributed by atoms with Crippen LogP contribution in [0.25, 0.3) is 0 Å². The molecule has 0 spiro atoms. The van der Waals surface area contributed by atoms with Crippen LogP contribution in [0, 0.1) is 5.92 Å². The lowest BCUT2D eigenvalue weighted by Gasteiger charge is -2.24. The van der Waals surface area contributed by atoms with Crippen molar-refractivity contribution in [3.63, 3.8) is 0 Å². The van der Waals surface area contributed by atoms with Gasteiger partial charge in [-0.15, -0.1) is 12.4 Å². The molecule has 2 atom stereocenters. The average Bonchev–Trinajstić information content (AvgIpc) is 2.38. The molecule has 0 saturated carbocycles. The Kier molecular flexibility index (Phi) is 9.26. The van der Waals surface area contributed by atoms with Crippen LogP contribution in [-0.4, -0.2) is 36.5 Å². The van der Waals surface area contributed by atoms with E-state index in [4.69, 9.17) is 5.73 Å². The first-order chi connectivity index (χ1) is 9.40. The van der Waals surface area contributed by atoms with E-state index < -0.39 is 6.04 Å². The minimum atomic E-state index is -0.433. The molecule has 1 aromatic rings. The minimum Gasteiger partial charge on any atom is -0.351 e. The number of halogens is 1. The van der Waals surface area contributed by atoms with E-state index in [1.54, 1.807) is 0 Å². The molecule has 0 aliphatic rings. The fourth-order valence-corrected chi connectivity index (χ4v) is 2.11. The van der Waals surface area contributed by atoms with Crippen molar-refractivity contribution in [1.82, 2.24) is 10.2 Å². The average molecular weight is 314 g/mol. The van der Waals surface area contributed by atoms with Gasteiger partial charge in [0.2, 0.25) is 5.91 Å². The molecule has 4 nitrogen and oxygen atoms in total. The van der Waals surface area contributed by atoms with Crippen molar-refractivity contribution in [2.75, 3.05) is 13.6 Å². The van der Waals surface area contributed by atoms with Crippen LogP contribution in [0.1, 0.15) is 26.3 Å². The zero-order valence-electron chi connectivity index (χ0n) is 13.4. The van der Waals surface area contributed by atoms with Gasteiger partial charge in [-0.05, 0) is 25.5 Å². The van der Waals surface area contributed by atoms with Crippen LogP contribution >= 0.6 is 12.4 Å². The number of nitrogens with one attached hydrogen (secondary N) is 1. The number of likely N-dealkylation sites (N-methyl/N-ethyl adjacent to an activating group) is 1. The normalized spacial score (nSPS) is 13.7. The molecule has 1 amide bonds. The number of rotatable bonds is 7. The number of carbonyl (C=O) groups is 1. The zero-order chi connectivity index (χ0) is 15.1. The number of hydrogen-bond donors (Lipinski definition) is 2. The molecule has 0 heterocycles. The van der Waals surface area contributed by atoms with E-state index in [1.807, 2.05) is 39.0 Å². The maximum absolute atomic E-state index is 11.9. The van der Waals surface area contributed by atoms with Gasteiger partial charge in [-0.3, -0.25) is 4.79 Å². The second-order valence-electron chi connectivity index (χ2n) is 5.86. The molecule has 2 unspecified atom stereocenters. The highest BCUT2D eigenvalue weighted by Crippen LogP contribution is 2.04. The standard InChI is InChI=1S/C16H27N3O.ClH/c1-12(2)15(17)16(20)18-13(3)10-19(4)11-14-8-6-5-7-9-14;/h5-9,12-13,15H,10-11,17H2,1-4H3,(H,18,20);1H. The second-order valence-corrected chi connectivity index (χ2v) is 5.86. The Bertz CT molecular complexity index is 411. The third-order valence-corrected chi connectivity index (χ3v) is 3.29. The zero-order valence-corrected chi connectivity index (χ0v) is 14.2. The Morgan fingerprint density at radius 1 is 1.24 bits per heavy atom. The first-order valence-corrected chi connectivity index (χ1v) is 7.18. The summed E-state index contributed by atoms with van der Waals surface area (Å²) in [6, 6.07) is 9.95. The summed E-state index contributed by atoms with van der Waals surface area (Å²) in [5.74, 6) is 0.0878. The Hall–Kier alpha value is -1.10. The van der Waals surface area contributed by atoms with Gasteiger partial charge in [0.25, 0.3) is 0 Å². The largest absolute Gasteiger partial charge is 0.351 e. The summed E-state index contributed by atoms with van der Waals surface area (Å²) >= 11 is 0. The van der Waals surface area contributed by atoms with Crippen LogP contribution < -0.4 is 11.1 Å². The van der Waals surface area contributed by atoms with Crippen molar-refractivity contribution >= 4 is 18.3 Å². The molecule has 0 bridgehead atoms. The predicted molar refractivity (Wildman–Crippen MR) is 90.4 cm³/mol. The highest BCUT2D eigenvalue weighted by Gasteiger charge is 2.19. The molecule has 0 radical (unpaired) electrons. The van der Waals surface area contributed by atoms with Crippen molar-refractivity contribution in [3.8, 4) is 0 Å². The van der Waals surface area contributed by atoms with Crippen molar-refractivity contribution in [1.29, 1.82) is 0 Å². The number of amides is 1. The Morgan fingerprint density at radius 2 is 1.81 bits per heavy atom. The van der Waals surface area contributed by atoms with Gasteiger partial charge in [0, 0.05) is 19.1 Å². The van der Waals surface area contributed by atoms with Gasteiger partial charge in [-0.2, -0.15) is 0 Å². The van der Waals surface area contributed by atoms with E-state index in [-0.39, 0.29) is 30.3 Å². The summed E-state index contributed by atoms with van der Waals surface area (Å²) in [6.07, 6.45) is 0. The van der Waals surface area contributed by atoms with Crippen molar-refractivity contribution in [2.24, 2.45) is 11.7 Å². The van der Waals surface area contributed by atoms with E-state index in [0.717, 1.165) is 13.1 Å². The van der Waals surface area contributed by atoms with Gasteiger partial charge >= 0.3 is 0 Å². The molecule has 0 aliphatic carbocycles. The topological polar surface area (TPSA) is 58.4 Å². The summed E-state index contributed by atoms with van der Waals surface area (Å²) in [6.45, 7) is 7.59. The van der Waals surface area contributed by atoms with E-state index in [9.17, 15) is 4.79 Å². The van der Waals surface area contributed by atoms with Crippen molar-refractivity contribution in [3.05, 3.63) is 35.9 Å². The van der Waals surface area contributed by atoms with Gasteiger partial charge in [0.15, 0.2) is 0 Å². The maximum atomic E-state index is 11.9. The number of nitrogens with two attached hydrogens (primary N) is 1. The Balaban J connectivity index is 0.00000400. The third kappa shape index (κ3) is 7.46. The lowest BCUT2D eigenvalue weighted by molar-refractivity contribution is -0.123. The highest BCUT2D eigenvalue weighted by atomic mass is 35.5. The molecule has 21 heavy (non-hydrogen) atoms. The monoisotopic (exact) mass is 313 g/mol. The van der Waals surface area contributed by atoms with Crippen LogP contribution in [0.15, 0.2) is 30.3 Å². The Morgan fingerprint density at radius 3 is 2.33 bits per heavy atom. The molecule has 120 valence electrons. The van der Waals surface area contributed by atoms with E-state index in [1.165, 1.54) is 5.56 Å². The lowest BCUT2D eigenvalue weighted by Crippen LogP contribution is -2.49. The smallest absolute Gasteiger partial charge is 0.237 e. The lowest BCUT2D eigenvalue weighted by atomic mass is 10.0.